The number of fused-ring (bicyclic) bond motifs is 2. The molecule has 5 aliphatic heterocycles. The first kappa shape index (κ1) is 25.1. The first-order valence-electron chi connectivity index (χ1n) is 13.3. The predicted octanol–water partition coefficient (Wildman–Crippen LogP) is 2.54. The van der Waals surface area contributed by atoms with Gasteiger partial charge in [0.1, 0.15) is 11.9 Å². The van der Waals surface area contributed by atoms with Crippen molar-refractivity contribution in [2.75, 3.05) is 51.4 Å². The van der Waals surface area contributed by atoms with E-state index in [0.29, 0.717) is 36.9 Å². The first-order chi connectivity index (χ1) is 19.2. The van der Waals surface area contributed by atoms with Gasteiger partial charge in [-0.3, -0.25) is 4.90 Å². The lowest BCUT2D eigenvalue weighted by Gasteiger charge is -2.56. The number of aromatic nitrogens is 2. The first-order valence-corrected chi connectivity index (χ1v) is 13.3. The van der Waals surface area contributed by atoms with Gasteiger partial charge in [0.15, 0.2) is 0 Å². The second-order valence-electron chi connectivity index (χ2n) is 10.2. The number of piperazine rings is 1. The molecule has 0 aliphatic carbocycles. The van der Waals surface area contributed by atoms with Gasteiger partial charge in [0.05, 0.1) is 37.3 Å². The number of anilines is 1. The molecule has 200 valence electrons. The third kappa shape index (κ3) is 4.99. The lowest BCUT2D eigenvalue weighted by molar-refractivity contribution is -0.00877. The van der Waals surface area contributed by atoms with E-state index in [1.807, 2.05) is 24.7 Å². The summed E-state index contributed by atoms with van der Waals surface area (Å²) in [5.41, 5.74) is 4.91. The van der Waals surface area contributed by atoms with Crippen LogP contribution < -0.4 is 15.0 Å². The van der Waals surface area contributed by atoms with E-state index in [9.17, 15) is 5.26 Å². The molecule has 2 atom stereocenters. The molecule has 4 fully saturated rings. The zero-order valence-corrected chi connectivity index (χ0v) is 22.0. The monoisotopic (exact) mass is 524 g/mol. The van der Waals surface area contributed by atoms with Crippen molar-refractivity contribution >= 4 is 17.6 Å². The summed E-state index contributed by atoms with van der Waals surface area (Å²) >= 11 is 0. The second kappa shape index (κ2) is 10.9. The Labute approximate surface area is 228 Å². The van der Waals surface area contributed by atoms with Gasteiger partial charge in [-0.05, 0) is 30.2 Å². The average molecular weight is 525 g/mol. The van der Waals surface area contributed by atoms with Gasteiger partial charge in [-0.2, -0.15) is 5.26 Å². The summed E-state index contributed by atoms with van der Waals surface area (Å²) in [6.07, 6.45) is 10.1. The number of morpholine rings is 1. The molecule has 7 rings (SSSR count). The van der Waals surface area contributed by atoms with Crippen molar-refractivity contribution in [2.45, 2.75) is 25.0 Å². The molecule has 0 aromatic carbocycles. The summed E-state index contributed by atoms with van der Waals surface area (Å²) in [6.45, 7) is 5.79. The molecule has 2 bridgehead atoms. The Kier molecular flexibility index (Phi) is 7.00. The summed E-state index contributed by atoms with van der Waals surface area (Å²) in [7, 11) is 1.63. The zero-order valence-electron chi connectivity index (χ0n) is 22.0. The van der Waals surface area contributed by atoms with Crippen LogP contribution in [0, 0.1) is 16.7 Å². The Morgan fingerprint density at radius 2 is 1.97 bits per heavy atom. The number of hydrogen-bond acceptors (Lipinski definition) is 10. The fourth-order valence-corrected chi connectivity index (χ4v) is 5.80. The van der Waals surface area contributed by atoms with E-state index in [-0.39, 0.29) is 5.57 Å². The summed E-state index contributed by atoms with van der Waals surface area (Å²) < 4.78 is 10.7. The molecule has 0 spiro atoms. The van der Waals surface area contributed by atoms with Gasteiger partial charge in [0, 0.05) is 86.8 Å². The van der Waals surface area contributed by atoms with Crippen LogP contribution in [0.5, 0.6) is 5.88 Å². The quantitative estimate of drug-likeness (QED) is 0.417. The maximum absolute atomic E-state index is 9.63. The number of dihydropyridines is 1. The normalized spacial score (nSPS) is 24.0. The van der Waals surface area contributed by atoms with Crippen molar-refractivity contribution in [3.63, 3.8) is 0 Å². The molecule has 5 aliphatic rings. The number of ether oxygens (including phenoxy) is 2. The molecule has 39 heavy (non-hydrogen) atoms. The van der Waals surface area contributed by atoms with Crippen LogP contribution in [-0.4, -0.2) is 84.6 Å². The minimum absolute atomic E-state index is 0.283. The Morgan fingerprint density at radius 3 is 2.62 bits per heavy atom. The molecule has 10 nitrogen and oxygen atoms in total. The summed E-state index contributed by atoms with van der Waals surface area (Å²) in [6, 6.07) is 11.3. The molecule has 2 aromatic rings. The topological polar surface area (TPSA) is 114 Å². The lowest BCUT2D eigenvalue weighted by Crippen LogP contribution is -2.68. The van der Waals surface area contributed by atoms with E-state index in [1.54, 1.807) is 7.11 Å². The lowest BCUT2D eigenvalue weighted by atomic mass is 9.87. The van der Waals surface area contributed by atoms with E-state index < -0.39 is 0 Å². The van der Waals surface area contributed by atoms with Crippen molar-refractivity contribution in [2.24, 2.45) is 0 Å². The molecule has 0 amide bonds. The second-order valence-corrected chi connectivity index (χ2v) is 10.2. The van der Waals surface area contributed by atoms with Gasteiger partial charge >= 0.3 is 0 Å². The van der Waals surface area contributed by atoms with Gasteiger partial charge in [0.2, 0.25) is 5.88 Å². The number of nitrogens with one attached hydrogen (secondary N) is 2. The molecule has 2 unspecified atom stereocenters. The number of methoxy groups -OCH3 is 1. The fourth-order valence-electron chi connectivity index (χ4n) is 5.80. The minimum Gasteiger partial charge on any atom is -0.481 e. The van der Waals surface area contributed by atoms with Crippen LogP contribution in [0.2, 0.25) is 0 Å². The molecule has 0 saturated carbocycles. The predicted molar refractivity (Wildman–Crippen MR) is 148 cm³/mol. The van der Waals surface area contributed by atoms with Crippen LogP contribution in [-0.2, 0) is 11.3 Å². The number of nitriles is 1. The maximum Gasteiger partial charge on any atom is 0.212 e. The highest BCUT2D eigenvalue weighted by Gasteiger charge is 2.44. The van der Waals surface area contributed by atoms with Crippen molar-refractivity contribution in [1.29, 1.82) is 10.7 Å². The van der Waals surface area contributed by atoms with Crippen LogP contribution in [0.25, 0.3) is 5.57 Å². The largest absolute Gasteiger partial charge is 0.481 e. The SMILES string of the molecule is COc1ccc(CN2C3CC2CN(c2ccc(C4=CC(N5CCOCC5)=CN/C4=C(/C#N)C=N)cn2)C3)cn1. The Hall–Kier alpha value is -4.20. The van der Waals surface area contributed by atoms with Gasteiger partial charge in [-0.15, -0.1) is 0 Å². The van der Waals surface area contributed by atoms with Crippen molar-refractivity contribution in [1.82, 2.24) is 25.1 Å². The van der Waals surface area contributed by atoms with E-state index in [2.05, 4.69) is 55.3 Å². The molecule has 2 N–H and O–H groups in total. The number of rotatable bonds is 7. The van der Waals surface area contributed by atoms with Crippen LogP contribution >= 0.6 is 0 Å². The fraction of sp³-hybridized carbons (Fsp3) is 0.379. The molecule has 0 radical (unpaired) electrons. The number of pyridine rings is 2. The minimum atomic E-state index is 0.283. The Morgan fingerprint density at radius 1 is 1.15 bits per heavy atom. The third-order valence-corrected chi connectivity index (χ3v) is 7.94. The summed E-state index contributed by atoms with van der Waals surface area (Å²) in [5.74, 6) is 1.60. The molecular weight excluding hydrogens is 492 g/mol. The highest BCUT2D eigenvalue weighted by molar-refractivity contribution is 5.93. The van der Waals surface area contributed by atoms with Crippen LogP contribution in [0.15, 0.2) is 65.9 Å². The highest BCUT2D eigenvalue weighted by Crippen LogP contribution is 2.36. The van der Waals surface area contributed by atoms with Crippen molar-refractivity contribution in [3.05, 3.63) is 77.0 Å². The van der Waals surface area contributed by atoms with Crippen molar-refractivity contribution in [3.8, 4) is 11.9 Å². The van der Waals surface area contributed by atoms with Gasteiger partial charge in [-0.25, -0.2) is 9.97 Å². The average Bonchev–Trinajstić information content (AvgIpc) is 3.01. The number of piperidine rings is 1. The Balaban J connectivity index is 1.17. The molecule has 4 saturated heterocycles. The van der Waals surface area contributed by atoms with E-state index >= 15 is 0 Å². The summed E-state index contributed by atoms with van der Waals surface area (Å²) in [5, 5.41) is 20.6. The van der Waals surface area contributed by atoms with E-state index in [0.717, 1.165) is 61.6 Å². The highest BCUT2D eigenvalue weighted by atomic mass is 16.5. The zero-order chi connectivity index (χ0) is 26.8. The third-order valence-electron chi connectivity index (χ3n) is 7.94. The Bertz CT molecular complexity index is 1340. The molecule has 2 aromatic heterocycles. The van der Waals surface area contributed by atoms with Gasteiger partial charge in [-0.1, -0.05) is 6.07 Å². The molecule has 7 heterocycles. The van der Waals surface area contributed by atoms with E-state index in [1.165, 1.54) is 12.0 Å². The molecule has 10 heteroatoms. The van der Waals surface area contributed by atoms with Gasteiger partial charge < -0.3 is 30.0 Å². The smallest absolute Gasteiger partial charge is 0.212 e. The molecular formula is C29H32N8O2. The standard InChI is InChI=1S/C29H32N8O2/c1-38-28-5-2-20(14-33-28)17-37-24-10-25(37)19-36(18-24)27-4-3-21(15-32-27)26-11-23(35-6-8-39-9-7-35)16-34-29(26)22(12-30)13-31/h2-5,11-12,14-16,24-25,30,34H,6-10,17-19H2,1H3/b29-22+,30-12?. The van der Waals surface area contributed by atoms with Crippen LogP contribution in [0.4, 0.5) is 5.82 Å². The van der Waals surface area contributed by atoms with E-state index in [4.69, 9.17) is 19.9 Å². The number of allylic oxidation sites excluding steroid dienone is 3. The maximum atomic E-state index is 9.63. The number of nitrogens with zero attached hydrogens (tertiary/aromatic N) is 6. The van der Waals surface area contributed by atoms with Crippen LogP contribution in [0.1, 0.15) is 17.5 Å². The van der Waals surface area contributed by atoms with Gasteiger partial charge in [0.25, 0.3) is 0 Å². The summed E-state index contributed by atoms with van der Waals surface area (Å²) in [4.78, 5) is 16.4. The van der Waals surface area contributed by atoms with Crippen LogP contribution in [0.3, 0.4) is 0 Å². The van der Waals surface area contributed by atoms with Crippen molar-refractivity contribution < 1.29 is 9.47 Å². The number of hydrogen-bond donors (Lipinski definition) is 2.